The van der Waals surface area contributed by atoms with Crippen LogP contribution < -0.4 is 0 Å². The van der Waals surface area contributed by atoms with E-state index in [4.69, 9.17) is 0 Å². The van der Waals surface area contributed by atoms with Crippen LogP contribution >= 0.6 is 49.6 Å². The molecular weight excluding hydrogens is 1220 g/mol. The molecule has 0 aromatic heterocycles. The molecule has 84 heavy (non-hydrogen) atoms. The van der Waals surface area contributed by atoms with Gasteiger partial charge in [-0.2, -0.15) is 52.7 Å². The van der Waals surface area contributed by atoms with Gasteiger partial charge in [0.15, 0.2) is 0 Å². The molecule has 0 radical (unpaired) electrons. The Hall–Kier alpha value is -4.48. The molecule has 0 aliphatic carbocycles. The maximum absolute atomic E-state index is 13.9. The van der Waals surface area contributed by atoms with Crippen molar-refractivity contribution >= 4 is 61.7 Å². The number of carbonyl (C=O) groups excluding carboxylic acids is 2. The number of amides is 4. The first-order valence-electron chi connectivity index (χ1n) is 27.1. The number of benzene rings is 4. The zero-order chi connectivity index (χ0) is 58.5. The fourth-order valence-electron chi connectivity index (χ4n) is 11.9. The van der Waals surface area contributed by atoms with Crippen LogP contribution in [0.1, 0.15) is 145 Å². The van der Waals surface area contributed by atoms with E-state index in [2.05, 4.69) is 9.80 Å². The zero-order valence-electron chi connectivity index (χ0n) is 46.8. The Balaban J connectivity index is 0.000000420. The molecule has 4 aliphatic heterocycles. The molecule has 8 nitrogen and oxygen atoms in total. The van der Waals surface area contributed by atoms with Crippen molar-refractivity contribution in [2.45, 2.75) is 153 Å². The van der Waals surface area contributed by atoms with E-state index < -0.39 is 95.8 Å². The number of urea groups is 2. The minimum Gasteiger partial charge on any atom is -0.323 e. The molecule has 0 saturated carbocycles. The number of halogens is 18. The third-order valence-corrected chi connectivity index (χ3v) is 15.9. The summed E-state index contributed by atoms with van der Waals surface area (Å²) in [5.41, 5.74) is -3.31. The summed E-state index contributed by atoms with van der Waals surface area (Å²) in [6.07, 6.45) is -8.23. The number of piperidine rings is 2. The van der Waals surface area contributed by atoms with E-state index in [0.717, 1.165) is 72.8 Å². The van der Waals surface area contributed by atoms with Gasteiger partial charge in [-0.25, -0.2) is 18.4 Å². The van der Waals surface area contributed by atoms with Crippen molar-refractivity contribution in [3.8, 4) is 0 Å². The summed E-state index contributed by atoms with van der Waals surface area (Å²) in [5, 5.41) is 0. The molecule has 4 aromatic rings. The first-order valence-corrected chi connectivity index (χ1v) is 27.1. The van der Waals surface area contributed by atoms with Crippen molar-refractivity contribution in [2.24, 2.45) is 0 Å². The summed E-state index contributed by atoms with van der Waals surface area (Å²) in [5.74, 6) is -0.803. The molecule has 4 aromatic carbocycles. The van der Waals surface area contributed by atoms with Crippen molar-refractivity contribution in [3.63, 3.8) is 0 Å². The first-order chi connectivity index (χ1) is 37.5. The highest BCUT2D eigenvalue weighted by Gasteiger charge is 2.42. The van der Waals surface area contributed by atoms with Crippen LogP contribution in [0.2, 0.25) is 0 Å². The number of alkyl halides is 12. The van der Waals surface area contributed by atoms with Gasteiger partial charge in [-0.15, -0.1) is 49.6 Å². The van der Waals surface area contributed by atoms with Crippen LogP contribution in [0.3, 0.4) is 0 Å². The van der Waals surface area contributed by atoms with Gasteiger partial charge >= 0.3 is 36.8 Å². The predicted molar refractivity (Wildman–Crippen MR) is 303 cm³/mol. The van der Waals surface area contributed by atoms with E-state index in [9.17, 15) is 71.1 Å². The van der Waals surface area contributed by atoms with Gasteiger partial charge in [0.1, 0.15) is 11.6 Å². The Morgan fingerprint density at radius 3 is 0.988 bits per heavy atom. The predicted octanol–water partition coefficient (Wildman–Crippen LogP) is 17.3. The number of aryl methyl sites for hydroxylation is 2. The second kappa shape index (κ2) is 30.9. The van der Waals surface area contributed by atoms with E-state index in [0.29, 0.717) is 74.2 Å². The maximum Gasteiger partial charge on any atom is 0.416 e. The molecule has 0 spiro atoms. The third kappa shape index (κ3) is 19.3. The molecule has 4 heterocycles. The number of hydrogen-bond acceptors (Lipinski definition) is 4. The van der Waals surface area contributed by atoms with E-state index >= 15 is 0 Å². The topological polar surface area (TPSA) is 53.6 Å². The van der Waals surface area contributed by atoms with Crippen molar-refractivity contribution in [3.05, 3.63) is 140 Å². The van der Waals surface area contributed by atoms with Crippen LogP contribution in [0, 0.1) is 25.5 Å². The van der Waals surface area contributed by atoms with Crippen LogP contribution in [0.5, 0.6) is 0 Å². The average molecular weight is 1290 g/mol. The Morgan fingerprint density at radius 1 is 0.440 bits per heavy atom. The highest BCUT2D eigenvalue weighted by Crippen LogP contribution is 2.42. The number of hydrogen-bond donors (Lipinski definition) is 0. The van der Waals surface area contributed by atoms with Gasteiger partial charge in [0.2, 0.25) is 0 Å². The van der Waals surface area contributed by atoms with Crippen molar-refractivity contribution in [1.29, 1.82) is 0 Å². The van der Waals surface area contributed by atoms with E-state index in [1.54, 1.807) is 35.8 Å². The van der Waals surface area contributed by atoms with E-state index in [1.807, 2.05) is 0 Å². The molecule has 4 amide bonds. The minimum absolute atomic E-state index is 0. The molecule has 26 heteroatoms. The van der Waals surface area contributed by atoms with Crippen molar-refractivity contribution in [1.82, 2.24) is 29.4 Å². The first kappa shape index (κ1) is 73.8. The normalized spacial score (nSPS) is 20.3. The monoisotopic (exact) mass is 1290 g/mol. The summed E-state index contributed by atoms with van der Waals surface area (Å²) < 4.78 is 188. The lowest BCUT2D eigenvalue weighted by atomic mass is 9.88. The standard InChI is InChI=1S/2C29H34F7N3O.4ClH/c2*1-19-13-23(30)7-8-25(19)26-17-24(38-10-5-3-4-6-11-38)9-12-39(26)27(40)37(2)18-20-14-21(28(31,32)33)16-22(15-20)29(34,35)36;;;;/h2*7-8,13-16,24,26H,3-6,9-12,17-18H2,1-2H3;4*1H/t2*24-,26-;;;;/m10..../s1. The van der Waals surface area contributed by atoms with Crippen molar-refractivity contribution < 1.29 is 71.1 Å². The SMILES string of the molecule is Cc1cc(F)ccc1[C@@H]1C[C@@H](N2CCCCCC2)CCN1C(=O)N(C)Cc1cc(C(F)(F)F)cc(C(F)(F)F)c1.Cc1cc(F)ccc1[C@H]1C[C@H](N2CCCCCC2)CCN1C(=O)N(C)Cc1cc(C(F)(F)F)cc(C(F)(F)F)c1.Cl.Cl.Cl.Cl. The molecule has 0 N–H and O–H groups in total. The zero-order valence-corrected chi connectivity index (χ0v) is 50.1. The molecule has 4 saturated heterocycles. The van der Waals surface area contributed by atoms with Gasteiger partial charge in [0.25, 0.3) is 0 Å². The van der Waals surface area contributed by atoms with Crippen LogP contribution in [-0.4, -0.2) is 107 Å². The molecule has 4 atom stereocenters. The molecule has 4 fully saturated rings. The lowest BCUT2D eigenvalue weighted by molar-refractivity contribution is -0.144. The van der Waals surface area contributed by atoms with Gasteiger partial charge in [0, 0.05) is 52.4 Å². The summed E-state index contributed by atoms with van der Waals surface area (Å²) in [4.78, 5) is 37.8. The van der Waals surface area contributed by atoms with Gasteiger partial charge < -0.3 is 29.4 Å². The largest absolute Gasteiger partial charge is 0.416 e. The summed E-state index contributed by atoms with van der Waals surface area (Å²) >= 11 is 0. The Labute approximate surface area is 506 Å². The molecule has 0 bridgehead atoms. The Morgan fingerprint density at radius 2 is 0.726 bits per heavy atom. The second-order valence-corrected chi connectivity index (χ2v) is 21.8. The van der Waals surface area contributed by atoms with E-state index in [-0.39, 0.29) is 85.0 Å². The fourth-order valence-corrected chi connectivity index (χ4v) is 11.9. The quantitative estimate of drug-likeness (QED) is 0.165. The lowest BCUT2D eigenvalue weighted by Crippen LogP contribution is -2.51. The van der Waals surface area contributed by atoms with Crippen LogP contribution in [0.25, 0.3) is 0 Å². The summed E-state index contributed by atoms with van der Waals surface area (Å²) in [6.45, 7) is 7.23. The van der Waals surface area contributed by atoms with Crippen LogP contribution in [0.15, 0.2) is 72.8 Å². The van der Waals surface area contributed by atoms with Gasteiger partial charge in [0.05, 0.1) is 34.3 Å². The summed E-state index contributed by atoms with van der Waals surface area (Å²) in [7, 11) is 2.73. The molecule has 0 unspecified atom stereocenters. The molecule has 4 aliphatic rings. The van der Waals surface area contributed by atoms with Gasteiger partial charge in [-0.05, 0) is 185 Å². The number of nitrogens with zero attached hydrogens (tertiary/aromatic N) is 6. The number of carbonyl (C=O) groups is 2. The highest BCUT2D eigenvalue weighted by atomic mass is 35.5. The fraction of sp³-hybridized carbons (Fsp3) is 0.552. The highest BCUT2D eigenvalue weighted by molar-refractivity contribution is 5.86. The van der Waals surface area contributed by atoms with Gasteiger partial charge in [-0.3, -0.25) is 0 Å². The Bertz CT molecular complexity index is 2520. The lowest BCUT2D eigenvalue weighted by Gasteiger charge is -2.45. The molecule has 472 valence electrons. The summed E-state index contributed by atoms with van der Waals surface area (Å²) in [6, 6.07) is 10.1. The third-order valence-electron chi connectivity index (χ3n) is 15.9. The van der Waals surface area contributed by atoms with Gasteiger partial charge in [-0.1, -0.05) is 37.8 Å². The Kier molecular flexibility index (Phi) is 27.2. The molecular formula is C58H72Cl4F14N6O2. The average Bonchev–Trinajstić information content (AvgIpc) is 4.00. The molecule has 8 rings (SSSR count). The maximum atomic E-state index is 13.9. The van der Waals surface area contributed by atoms with Crippen LogP contribution in [-0.2, 0) is 37.8 Å². The van der Waals surface area contributed by atoms with Crippen molar-refractivity contribution in [2.75, 3.05) is 53.4 Å². The smallest absolute Gasteiger partial charge is 0.323 e. The number of likely N-dealkylation sites (tertiary alicyclic amines) is 4. The second-order valence-electron chi connectivity index (χ2n) is 21.8. The van der Waals surface area contributed by atoms with E-state index in [1.165, 1.54) is 64.0 Å². The minimum atomic E-state index is -4.97. The number of rotatable bonds is 8. The van der Waals surface area contributed by atoms with Crippen LogP contribution in [0.4, 0.5) is 71.1 Å².